The maximum Gasteiger partial charge on any atom is 0.410 e. The van der Waals surface area contributed by atoms with E-state index in [2.05, 4.69) is 21.1 Å². The number of nitrogens with zero attached hydrogens (tertiary/aromatic N) is 6. The maximum atomic E-state index is 16.0. The van der Waals surface area contributed by atoms with Crippen molar-refractivity contribution in [2.45, 2.75) is 52.2 Å². The summed E-state index contributed by atoms with van der Waals surface area (Å²) in [4.78, 5) is 55.1. The van der Waals surface area contributed by atoms with E-state index in [-0.39, 0.29) is 102 Å². The fourth-order valence-electron chi connectivity index (χ4n) is 5.48. The Morgan fingerprint density at radius 3 is 2.55 bits per heavy atom. The predicted molar refractivity (Wildman–Crippen MR) is 166 cm³/mol. The van der Waals surface area contributed by atoms with E-state index in [1.54, 1.807) is 36.6 Å². The number of nitrogens with two attached hydrogens (primary N) is 1. The number of pyridine rings is 2. The molecule has 47 heavy (non-hydrogen) atoms. The van der Waals surface area contributed by atoms with Gasteiger partial charge in [-0.15, -0.1) is 11.6 Å². The zero-order chi connectivity index (χ0) is 33.3. The molecule has 1 saturated heterocycles. The van der Waals surface area contributed by atoms with Crippen LogP contribution in [0.4, 0.5) is 19.4 Å². The number of ether oxygens (including phenoxy) is 1. The van der Waals surface area contributed by atoms with Gasteiger partial charge in [-0.2, -0.15) is 4.98 Å². The standard InChI is InChI=1S/C32H34F2N7O5.Pr/c1-18-17-39(31(45)46-32(2,3)4)12-13-40(18)28-21-15-23(34)26(25-20(27(35)43)8-5-9-22(25)33)37-29(21)41(30(44)38-28)24-16-36-11-10-19(24)7-6-14-42;/h5,8-11,15,18,42H,6-7,12-14,17H2,1-4H3,(H2,35,43);/q-1;. The molecular formula is C32H34F2N7O5Pr-. The number of aliphatic hydroxyl groups is 1. The van der Waals surface area contributed by atoms with Gasteiger partial charge < -0.3 is 30.4 Å². The first-order valence-electron chi connectivity index (χ1n) is 14.7. The number of fused-ring (bicyclic) bond motifs is 1. The van der Waals surface area contributed by atoms with E-state index in [1.807, 2.05) is 6.92 Å². The van der Waals surface area contributed by atoms with Gasteiger partial charge >= 0.3 is 11.8 Å². The van der Waals surface area contributed by atoms with Crippen molar-refractivity contribution in [2.75, 3.05) is 31.1 Å². The molecule has 1 unspecified atom stereocenters. The quantitative estimate of drug-likeness (QED) is 0.269. The molecular weight excluding hydrogens is 741 g/mol. The number of benzene rings is 1. The minimum absolute atomic E-state index is 0. The van der Waals surface area contributed by atoms with Crippen molar-refractivity contribution in [3.63, 3.8) is 0 Å². The van der Waals surface area contributed by atoms with Crippen molar-refractivity contribution < 1.29 is 69.5 Å². The largest absolute Gasteiger partial charge is 0.444 e. The molecule has 15 heteroatoms. The summed E-state index contributed by atoms with van der Waals surface area (Å²) in [7, 11) is 0. The topological polar surface area (TPSA) is 157 Å². The van der Waals surface area contributed by atoms with E-state index in [4.69, 9.17) is 10.5 Å². The molecule has 0 aliphatic carbocycles. The number of piperazine rings is 1. The second-order valence-corrected chi connectivity index (χ2v) is 12.0. The zero-order valence-electron chi connectivity index (χ0n) is 26.5. The van der Waals surface area contributed by atoms with Gasteiger partial charge in [0.25, 0.3) is 0 Å². The Bertz CT molecular complexity index is 1880. The SMILES string of the molecule is CC1CN(C(=O)OC(C)(C)C)CCN1c1nc(=O)n(-c2[c-]nccc2CCCO)c2nc(-c3c(F)cccc3C(N)=O)c(F)cc12.[Pr]. The van der Waals surface area contributed by atoms with Crippen LogP contribution in [0, 0.1) is 59.1 Å². The number of carbonyl (C=O) groups excluding carboxylic acids is 2. The number of halogens is 2. The summed E-state index contributed by atoms with van der Waals surface area (Å²) < 4.78 is 37.9. The van der Waals surface area contributed by atoms with Crippen LogP contribution in [0.1, 0.15) is 50.0 Å². The van der Waals surface area contributed by atoms with Crippen molar-refractivity contribution in [2.24, 2.45) is 5.73 Å². The second kappa shape index (κ2) is 14.7. The number of aliphatic hydroxyl groups excluding tert-OH is 1. The Balaban J connectivity index is 0.00000500. The molecule has 245 valence electrons. The van der Waals surface area contributed by atoms with Gasteiger partial charge in [-0.3, -0.25) is 9.36 Å². The van der Waals surface area contributed by atoms with E-state index < -0.39 is 46.2 Å². The Morgan fingerprint density at radius 1 is 1.15 bits per heavy atom. The Labute approximate surface area is 302 Å². The fraction of sp³-hybridized carbons (Fsp3) is 0.375. The van der Waals surface area contributed by atoms with Crippen LogP contribution in [0.15, 0.2) is 41.3 Å². The third-order valence-corrected chi connectivity index (χ3v) is 7.52. The van der Waals surface area contributed by atoms with Crippen LogP contribution in [0.3, 0.4) is 0 Å². The molecule has 4 heterocycles. The summed E-state index contributed by atoms with van der Waals surface area (Å²) in [5.74, 6) is -2.81. The Hall–Kier alpha value is -3.62. The summed E-state index contributed by atoms with van der Waals surface area (Å²) in [6.45, 7) is 7.73. The van der Waals surface area contributed by atoms with Gasteiger partial charge in [-0.25, -0.2) is 23.4 Å². The van der Waals surface area contributed by atoms with Crippen molar-refractivity contribution in [1.29, 1.82) is 0 Å². The summed E-state index contributed by atoms with van der Waals surface area (Å²) in [5.41, 5.74) is 3.38. The van der Waals surface area contributed by atoms with Crippen molar-refractivity contribution >= 4 is 28.9 Å². The predicted octanol–water partition coefficient (Wildman–Crippen LogP) is 3.39. The third-order valence-electron chi connectivity index (χ3n) is 7.52. The number of rotatable bonds is 7. The molecule has 12 nitrogen and oxygen atoms in total. The average Bonchev–Trinajstić information content (AvgIpc) is 2.99. The molecule has 0 spiro atoms. The fourth-order valence-corrected chi connectivity index (χ4v) is 5.48. The van der Waals surface area contributed by atoms with Gasteiger partial charge in [0.1, 0.15) is 22.9 Å². The van der Waals surface area contributed by atoms with Crippen LogP contribution < -0.4 is 16.3 Å². The van der Waals surface area contributed by atoms with E-state index in [0.717, 1.165) is 16.7 Å². The number of primary amides is 1. The number of aryl methyl sites for hydroxylation is 1. The summed E-state index contributed by atoms with van der Waals surface area (Å²) in [6, 6.07) is 5.93. The van der Waals surface area contributed by atoms with E-state index in [9.17, 15) is 19.5 Å². The molecule has 3 aromatic heterocycles. The van der Waals surface area contributed by atoms with E-state index in [0.29, 0.717) is 18.4 Å². The summed E-state index contributed by atoms with van der Waals surface area (Å²) >= 11 is 0. The smallest absolute Gasteiger partial charge is 0.410 e. The van der Waals surface area contributed by atoms with Gasteiger partial charge in [-0.1, -0.05) is 24.9 Å². The van der Waals surface area contributed by atoms with E-state index in [1.165, 1.54) is 18.3 Å². The molecule has 1 atom stereocenters. The average molecular weight is 776 g/mol. The van der Waals surface area contributed by atoms with Gasteiger partial charge in [0.15, 0.2) is 11.5 Å². The van der Waals surface area contributed by atoms with Crippen LogP contribution in [0.5, 0.6) is 0 Å². The molecule has 1 aliphatic heterocycles. The maximum absolute atomic E-state index is 16.0. The van der Waals surface area contributed by atoms with Crippen LogP contribution in [0.25, 0.3) is 28.0 Å². The Morgan fingerprint density at radius 2 is 1.89 bits per heavy atom. The van der Waals surface area contributed by atoms with Crippen LogP contribution in [-0.4, -0.2) is 79.4 Å². The van der Waals surface area contributed by atoms with Crippen LogP contribution >= 0.6 is 0 Å². The molecule has 5 rings (SSSR count). The number of carbonyl (C=O) groups is 2. The molecule has 0 saturated carbocycles. The minimum Gasteiger partial charge on any atom is -0.444 e. The first kappa shape index (κ1) is 36.2. The number of hydrogen-bond donors (Lipinski definition) is 2. The molecule has 3 N–H and O–H groups in total. The third kappa shape index (κ3) is 7.60. The molecule has 4 aromatic rings. The molecule has 1 radical (unpaired) electrons. The molecule has 2 amide bonds. The number of anilines is 1. The van der Waals surface area contributed by atoms with Gasteiger partial charge in [0.2, 0.25) is 5.91 Å². The van der Waals surface area contributed by atoms with Crippen molar-refractivity contribution in [3.8, 4) is 16.9 Å². The molecule has 1 fully saturated rings. The van der Waals surface area contributed by atoms with Gasteiger partial charge in [-0.05, 0) is 58.0 Å². The van der Waals surface area contributed by atoms with E-state index >= 15 is 8.78 Å². The number of hydrogen-bond acceptors (Lipinski definition) is 9. The van der Waals surface area contributed by atoms with Crippen molar-refractivity contribution in [1.82, 2.24) is 24.4 Å². The van der Waals surface area contributed by atoms with Gasteiger partial charge in [0.05, 0.1) is 16.5 Å². The number of amides is 2. The minimum atomic E-state index is -0.993. The summed E-state index contributed by atoms with van der Waals surface area (Å²) in [6.07, 6.45) is 4.50. The normalized spacial score (nSPS) is 15.0. The monoisotopic (exact) mass is 775 g/mol. The summed E-state index contributed by atoms with van der Waals surface area (Å²) in [5, 5.41) is 9.56. The first-order chi connectivity index (χ1) is 21.8. The molecule has 1 aliphatic rings. The zero-order valence-corrected chi connectivity index (χ0v) is 30.2. The second-order valence-electron chi connectivity index (χ2n) is 12.0. The van der Waals surface area contributed by atoms with Crippen LogP contribution in [0.2, 0.25) is 0 Å². The molecule has 1 aromatic carbocycles. The first-order valence-corrected chi connectivity index (χ1v) is 14.7. The molecule has 0 bridgehead atoms. The van der Waals surface area contributed by atoms with Crippen LogP contribution in [-0.2, 0) is 11.2 Å². The van der Waals surface area contributed by atoms with Gasteiger partial charge in [0, 0.05) is 73.6 Å². The number of aromatic nitrogens is 4. The Kier molecular flexibility index (Phi) is 11.3. The van der Waals surface area contributed by atoms with Crippen molar-refractivity contribution in [3.05, 3.63) is 76.0 Å².